The van der Waals surface area contributed by atoms with Gasteiger partial charge in [0.05, 0.1) is 6.54 Å². The Kier molecular flexibility index (Phi) is 5.66. The van der Waals surface area contributed by atoms with Crippen LogP contribution < -0.4 is 5.32 Å². The molecule has 1 fully saturated rings. The van der Waals surface area contributed by atoms with Crippen molar-refractivity contribution in [2.45, 2.75) is 32.6 Å². The van der Waals surface area contributed by atoms with Gasteiger partial charge in [0.15, 0.2) is 0 Å². The van der Waals surface area contributed by atoms with Crippen molar-refractivity contribution in [1.29, 1.82) is 0 Å². The number of hydrogen-bond donors (Lipinski definition) is 1. The van der Waals surface area contributed by atoms with Gasteiger partial charge in [-0.15, -0.1) is 0 Å². The van der Waals surface area contributed by atoms with Gasteiger partial charge in [-0.1, -0.05) is 6.92 Å². The number of amides is 1. The highest BCUT2D eigenvalue weighted by atomic mass is 19.3. The molecule has 0 bridgehead atoms. The molecule has 0 spiro atoms. The first kappa shape index (κ1) is 13.4. The van der Waals surface area contributed by atoms with Crippen LogP contribution in [0.4, 0.5) is 8.78 Å². The fraction of sp³-hybridized carbons (Fsp3) is 0.909. The van der Waals surface area contributed by atoms with E-state index in [9.17, 15) is 13.6 Å². The Morgan fingerprint density at radius 1 is 1.44 bits per heavy atom. The van der Waals surface area contributed by atoms with Gasteiger partial charge in [0.1, 0.15) is 0 Å². The molecule has 0 atom stereocenters. The average molecular weight is 234 g/mol. The molecule has 0 saturated carbocycles. The van der Waals surface area contributed by atoms with Gasteiger partial charge >= 0.3 is 0 Å². The fourth-order valence-electron chi connectivity index (χ4n) is 2.06. The summed E-state index contributed by atoms with van der Waals surface area (Å²) in [4.78, 5) is 13.3. The summed E-state index contributed by atoms with van der Waals surface area (Å²) in [6.45, 7) is 3.54. The number of alkyl halides is 2. The molecule has 1 aliphatic heterocycles. The van der Waals surface area contributed by atoms with Gasteiger partial charge in [-0.3, -0.25) is 4.79 Å². The Morgan fingerprint density at radius 2 is 2.06 bits per heavy atom. The van der Waals surface area contributed by atoms with Crippen molar-refractivity contribution >= 4 is 5.91 Å². The minimum Gasteiger partial charge on any atom is -0.337 e. The van der Waals surface area contributed by atoms with E-state index in [0.717, 1.165) is 32.4 Å². The minimum absolute atomic E-state index is 0.0634. The smallest absolute Gasteiger partial charge is 0.255 e. The molecule has 0 aliphatic carbocycles. The van der Waals surface area contributed by atoms with E-state index in [0.29, 0.717) is 6.54 Å². The second-order valence-corrected chi connectivity index (χ2v) is 4.20. The molecule has 1 heterocycles. The Morgan fingerprint density at radius 3 is 2.56 bits per heavy atom. The highest BCUT2D eigenvalue weighted by molar-refractivity contribution is 5.79. The van der Waals surface area contributed by atoms with Crippen LogP contribution in [0.2, 0.25) is 0 Å². The highest BCUT2D eigenvalue weighted by Gasteiger charge is 2.26. The second kappa shape index (κ2) is 6.78. The molecule has 1 saturated heterocycles. The predicted octanol–water partition coefficient (Wildman–Crippen LogP) is 1.49. The molecular weight excluding hydrogens is 214 g/mol. The van der Waals surface area contributed by atoms with Crippen LogP contribution in [0, 0.1) is 5.92 Å². The lowest BCUT2D eigenvalue weighted by atomic mass is 9.96. The van der Waals surface area contributed by atoms with E-state index in [-0.39, 0.29) is 11.8 Å². The summed E-state index contributed by atoms with van der Waals surface area (Å²) in [5.74, 6) is -0.157. The molecule has 0 aromatic rings. The van der Waals surface area contributed by atoms with Crippen molar-refractivity contribution in [3.05, 3.63) is 0 Å². The molecule has 16 heavy (non-hydrogen) atoms. The first-order valence-electron chi connectivity index (χ1n) is 5.92. The fourth-order valence-corrected chi connectivity index (χ4v) is 2.06. The van der Waals surface area contributed by atoms with Crippen molar-refractivity contribution in [2.75, 3.05) is 26.2 Å². The summed E-state index contributed by atoms with van der Waals surface area (Å²) in [5.41, 5.74) is 0. The van der Waals surface area contributed by atoms with Crippen LogP contribution >= 0.6 is 0 Å². The summed E-state index contributed by atoms with van der Waals surface area (Å²) in [6, 6.07) is 0. The number of piperidine rings is 1. The first-order valence-corrected chi connectivity index (χ1v) is 5.92. The number of carbonyl (C=O) groups is 1. The minimum atomic E-state index is -2.43. The number of hydrogen-bond acceptors (Lipinski definition) is 2. The Labute approximate surface area is 95.2 Å². The molecule has 0 aromatic heterocycles. The van der Waals surface area contributed by atoms with Crippen LogP contribution in [-0.2, 0) is 4.79 Å². The van der Waals surface area contributed by atoms with E-state index in [1.165, 1.54) is 4.90 Å². The molecule has 1 aliphatic rings. The van der Waals surface area contributed by atoms with Crippen molar-refractivity contribution in [3.8, 4) is 0 Å². The summed E-state index contributed by atoms with van der Waals surface area (Å²) in [7, 11) is 0. The maximum Gasteiger partial charge on any atom is 0.255 e. The van der Waals surface area contributed by atoms with Crippen molar-refractivity contribution in [1.82, 2.24) is 10.2 Å². The zero-order valence-electron chi connectivity index (χ0n) is 9.72. The van der Waals surface area contributed by atoms with E-state index in [1.54, 1.807) is 0 Å². The van der Waals surface area contributed by atoms with Gasteiger partial charge in [-0.2, -0.15) is 0 Å². The Bertz CT molecular complexity index is 218. The second-order valence-electron chi connectivity index (χ2n) is 4.20. The number of nitrogens with zero attached hydrogens (tertiary/aromatic N) is 1. The molecule has 3 nitrogen and oxygen atoms in total. The van der Waals surface area contributed by atoms with Crippen LogP contribution in [0.15, 0.2) is 0 Å². The SMILES string of the molecule is CCCN(CC(F)F)C(=O)C1CCNCC1. The van der Waals surface area contributed by atoms with Crippen LogP contribution in [0.5, 0.6) is 0 Å². The molecule has 94 valence electrons. The molecule has 0 unspecified atom stereocenters. The quantitative estimate of drug-likeness (QED) is 0.781. The Balaban J connectivity index is 2.50. The molecule has 0 aromatic carbocycles. The van der Waals surface area contributed by atoms with Crippen LogP contribution in [0.3, 0.4) is 0 Å². The zero-order valence-corrected chi connectivity index (χ0v) is 9.72. The van der Waals surface area contributed by atoms with Gasteiger partial charge in [0, 0.05) is 12.5 Å². The number of halogens is 2. The highest BCUT2D eigenvalue weighted by Crippen LogP contribution is 2.16. The zero-order chi connectivity index (χ0) is 12.0. The summed E-state index contributed by atoms with van der Waals surface area (Å²) in [5, 5.41) is 3.16. The number of carbonyl (C=O) groups excluding carboxylic acids is 1. The van der Waals surface area contributed by atoms with E-state index >= 15 is 0 Å². The molecule has 1 N–H and O–H groups in total. The Hall–Kier alpha value is -0.710. The van der Waals surface area contributed by atoms with Gasteiger partial charge < -0.3 is 10.2 Å². The van der Waals surface area contributed by atoms with Gasteiger partial charge in [0.25, 0.3) is 6.43 Å². The van der Waals surface area contributed by atoms with Crippen LogP contribution in [0.25, 0.3) is 0 Å². The third-order valence-electron chi connectivity index (χ3n) is 2.85. The van der Waals surface area contributed by atoms with Crippen molar-refractivity contribution < 1.29 is 13.6 Å². The van der Waals surface area contributed by atoms with Gasteiger partial charge in [0.2, 0.25) is 5.91 Å². The van der Waals surface area contributed by atoms with Crippen molar-refractivity contribution in [3.63, 3.8) is 0 Å². The predicted molar refractivity (Wildman–Crippen MR) is 58.5 cm³/mol. The van der Waals surface area contributed by atoms with Gasteiger partial charge in [-0.05, 0) is 32.4 Å². The van der Waals surface area contributed by atoms with Crippen LogP contribution in [-0.4, -0.2) is 43.4 Å². The number of nitrogens with one attached hydrogen (secondary N) is 1. The van der Waals surface area contributed by atoms with E-state index in [1.807, 2.05) is 6.92 Å². The maximum atomic E-state index is 12.3. The maximum absolute atomic E-state index is 12.3. The summed E-state index contributed by atoms with van der Waals surface area (Å²) < 4.78 is 24.7. The third-order valence-corrected chi connectivity index (χ3v) is 2.85. The van der Waals surface area contributed by atoms with Crippen LogP contribution in [0.1, 0.15) is 26.2 Å². The lowest BCUT2D eigenvalue weighted by Gasteiger charge is -2.29. The topological polar surface area (TPSA) is 32.3 Å². The molecular formula is C11H20F2N2O. The normalized spacial score (nSPS) is 17.8. The summed E-state index contributed by atoms with van der Waals surface area (Å²) in [6.07, 6.45) is -0.175. The average Bonchev–Trinajstić information content (AvgIpc) is 2.28. The standard InChI is InChI=1S/C11H20F2N2O/c1-2-7-15(8-10(12)13)11(16)9-3-5-14-6-4-9/h9-10,14H,2-8H2,1H3. The molecule has 1 amide bonds. The largest absolute Gasteiger partial charge is 0.337 e. The van der Waals surface area contributed by atoms with E-state index < -0.39 is 13.0 Å². The van der Waals surface area contributed by atoms with Crippen molar-refractivity contribution in [2.24, 2.45) is 5.92 Å². The van der Waals surface area contributed by atoms with E-state index in [4.69, 9.17) is 0 Å². The lowest BCUT2D eigenvalue weighted by molar-refractivity contribution is -0.138. The summed E-state index contributed by atoms with van der Waals surface area (Å²) >= 11 is 0. The first-order chi connectivity index (χ1) is 7.65. The molecule has 0 radical (unpaired) electrons. The third kappa shape index (κ3) is 4.04. The number of rotatable bonds is 5. The van der Waals surface area contributed by atoms with Gasteiger partial charge in [-0.25, -0.2) is 8.78 Å². The lowest BCUT2D eigenvalue weighted by Crippen LogP contribution is -2.43. The molecule has 1 rings (SSSR count). The molecule has 5 heteroatoms. The monoisotopic (exact) mass is 234 g/mol. The van der Waals surface area contributed by atoms with E-state index in [2.05, 4.69) is 5.32 Å².